The third kappa shape index (κ3) is 105. The average molecular weight is 2040 g/mol. The quantitative estimate of drug-likeness (QED) is 0.0146. The SMILES string of the molecule is CC(=NC/C(F)=C\CC[C@H](N)C(=O)O)NO.CC(N)=NC/C(F)=C/CC[C@H](N)C(=O)O.CC(N)=NC/C(F)=C/CC[C@H](N)C(=O)O.CC(N)=NC/C(F)=C\CC[C@@H](N)C(=O)O.CC(N)=NC/C(F)=C\CC[C@H](N)C(=O)Nc1nn[nH]n1.CC(N)=NC/C(F)=C\CC[C@H](N)C(=O)O.CC(N)=NC/C(F)=C\CC[C@H](N)C(=O)O.CC(N)=NCC(F)=CCC[C@H](N)C(=O)O.CC(N)=NCCSC[C@](C)(N)C(=O)O. The summed E-state index contributed by atoms with van der Waals surface area (Å²) in [6.07, 6.45) is 14.1. The Bertz CT molecular complexity index is 3880. The molecular weight excluding hydrogens is 1890 g/mol. The number of H-pyrrole nitrogens is 1. The molecule has 1 heterocycles. The summed E-state index contributed by atoms with van der Waals surface area (Å²) in [5.41, 5.74) is 90.3. The number of carboxylic acid groups (broad SMARTS) is 8. The Hall–Kier alpha value is -13.2. The van der Waals surface area contributed by atoms with Crippen LogP contribution < -0.4 is 108 Å². The molecule has 0 aliphatic heterocycles. The highest BCUT2D eigenvalue weighted by Crippen LogP contribution is 2.14. The molecule has 0 aliphatic carbocycles. The zero-order valence-electron chi connectivity index (χ0n) is 80.1. The van der Waals surface area contributed by atoms with Crippen LogP contribution in [0.2, 0.25) is 0 Å². The van der Waals surface area contributed by atoms with E-state index in [1.54, 1.807) is 60.9 Å². The summed E-state index contributed by atoms with van der Waals surface area (Å²) in [4.78, 5) is 128. The highest BCUT2D eigenvalue weighted by molar-refractivity contribution is 7.99. The van der Waals surface area contributed by atoms with Gasteiger partial charge in [0.2, 0.25) is 5.91 Å². The second-order valence-corrected chi connectivity index (χ2v) is 30.4. The van der Waals surface area contributed by atoms with Gasteiger partial charge in [0, 0.05) is 18.1 Å². The van der Waals surface area contributed by atoms with Gasteiger partial charge in [-0.1, -0.05) is 53.7 Å². The number of tetrazole rings is 1. The first-order valence-electron chi connectivity index (χ1n) is 42.0. The smallest absolute Gasteiger partial charge is 0.324 e. The standard InChI is InChI=1S/C10H17FN8O.C9H16FN3O3.6C9H16FN3O2.C8H17N3O2S/c1-6(12)14-5-7(11)3-2-4-8(13)9(20)15-10-16-18-19-17-10;1-6(13-16)12-5-7(10)3-2-4-8(11)9(14)15;6*1-6(11)13-5-7(10)3-2-4-8(12)9(14)15;1-6(9)11-3-4-14-5-8(2,10)7(12)13/h3,8H,2,4-5,13H2,1H3,(H2,12,14)(H2,15,16,17,18,19,20);3,8,16H,2,4-5,11H2,1H3,(H,12,13)(H,14,15);6*3,8H,2,4-5,12H2,1H3,(H2,11,13)(H,14,15);3-5,10H2,1-2H3,(H2,9,11)(H,12,13)/b5*7-3+;2*7-3-;;/t9*8-/m001000000/s1. The topological polar surface area (TPSA) is 968 Å². The molecule has 0 spiro atoms. The number of amidine groups is 9. The van der Waals surface area contributed by atoms with E-state index in [1.165, 1.54) is 74.2 Å². The Labute approximate surface area is 810 Å². The van der Waals surface area contributed by atoms with Gasteiger partial charge in [0.25, 0.3) is 5.95 Å². The number of aliphatic carboxylic acids is 8. The van der Waals surface area contributed by atoms with E-state index in [0.29, 0.717) is 65.4 Å². The lowest BCUT2D eigenvalue weighted by Crippen LogP contribution is -2.47. The van der Waals surface area contributed by atoms with E-state index < -0.39 is 154 Å². The fourth-order valence-corrected chi connectivity index (χ4v) is 8.46. The number of nitrogens with two attached hydrogens (primary N) is 17. The van der Waals surface area contributed by atoms with Crippen LogP contribution in [-0.2, 0) is 43.2 Å². The molecule has 0 aromatic carbocycles. The normalized spacial score (nSPS) is 15.1. The van der Waals surface area contributed by atoms with Crippen molar-refractivity contribution < 1.29 is 124 Å². The lowest BCUT2D eigenvalue weighted by atomic mass is 10.1. The van der Waals surface area contributed by atoms with Gasteiger partial charge in [-0.25, -0.2) is 35.1 Å². The number of carbonyl (C=O) groups excluding carboxylic acids is 1. The molecule has 0 saturated heterocycles. The maximum atomic E-state index is 13.2. The number of amides is 1. The van der Waals surface area contributed by atoms with Crippen molar-refractivity contribution in [1.29, 1.82) is 0 Å². The van der Waals surface area contributed by atoms with Gasteiger partial charge in [-0.15, -0.1) is 5.10 Å². The number of carbonyl (C=O) groups is 9. The number of rotatable bonds is 55. The molecule has 800 valence electrons. The monoisotopic (exact) mass is 2040 g/mol. The number of halogens is 8. The van der Waals surface area contributed by atoms with Crippen LogP contribution in [0, 0.1) is 0 Å². The lowest BCUT2D eigenvalue weighted by molar-refractivity contribution is -0.142. The first-order valence-corrected chi connectivity index (χ1v) is 43.1. The number of anilines is 1. The van der Waals surface area contributed by atoms with Crippen LogP contribution in [0.25, 0.3) is 0 Å². The van der Waals surface area contributed by atoms with Crippen LogP contribution in [0.15, 0.2) is 140 Å². The number of aromatic amines is 1. The van der Waals surface area contributed by atoms with Crippen molar-refractivity contribution in [2.45, 2.75) is 226 Å². The number of thioether (sulfide) groups is 1. The molecule has 46 N–H and O–H groups in total. The molecular formula is C81H146F8N32O18S. The fraction of sp³-hybridized carbons (Fsp3) is 0.568. The third-order valence-corrected chi connectivity index (χ3v) is 16.6. The first kappa shape index (κ1) is 142. The molecule has 0 fully saturated rings. The highest BCUT2D eigenvalue weighted by Gasteiger charge is 2.27. The summed E-state index contributed by atoms with van der Waals surface area (Å²) in [5.74, 6) is -8.52. The van der Waals surface area contributed by atoms with E-state index in [2.05, 4.69) is 70.9 Å². The number of hydroxylamine groups is 1. The Morgan fingerprint density at radius 1 is 0.350 bits per heavy atom. The zero-order valence-corrected chi connectivity index (χ0v) is 81.0. The predicted octanol–water partition coefficient (Wildman–Crippen LogP) is 2.26. The molecule has 140 heavy (non-hydrogen) atoms. The summed E-state index contributed by atoms with van der Waals surface area (Å²) < 4.78 is 104. The minimum Gasteiger partial charge on any atom is -0.480 e. The van der Waals surface area contributed by atoms with E-state index in [0.717, 1.165) is 5.75 Å². The fourth-order valence-electron chi connectivity index (χ4n) is 7.55. The molecule has 1 rings (SSSR count). The maximum Gasteiger partial charge on any atom is 0.324 e. The zero-order chi connectivity index (χ0) is 110. The minimum atomic E-state index is -1.16. The Morgan fingerprint density at radius 2 is 0.543 bits per heavy atom. The van der Waals surface area contributed by atoms with Crippen LogP contribution in [0.1, 0.15) is 172 Å². The van der Waals surface area contributed by atoms with Gasteiger partial charge in [-0.2, -0.15) is 17.0 Å². The Balaban J connectivity index is -0.000000234. The van der Waals surface area contributed by atoms with Crippen LogP contribution >= 0.6 is 11.8 Å². The number of aromatic nitrogens is 4. The highest BCUT2D eigenvalue weighted by atomic mass is 32.2. The second-order valence-electron chi connectivity index (χ2n) is 29.3. The summed E-state index contributed by atoms with van der Waals surface area (Å²) in [6.45, 7) is 15.3. The van der Waals surface area contributed by atoms with E-state index in [-0.39, 0.29) is 160 Å². The summed E-state index contributed by atoms with van der Waals surface area (Å²) in [6, 6.07) is -7.47. The molecule has 0 radical (unpaired) electrons. The van der Waals surface area contributed by atoms with Gasteiger partial charge in [-0.3, -0.25) is 104 Å². The van der Waals surface area contributed by atoms with Crippen molar-refractivity contribution in [3.05, 3.63) is 95.2 Å². The molecule has 59 heteroatoms. The van der Waals surface area contributed by atoms with Gasteiger partial charge < -0.3 is 138 Å². The van der Waals surface area contributed by atoms with E-state index in [4.69, 9.17) is 144 Å². The summed E-state index contributed by atoms with van der Waals surface area (Å²) in [5, 5.41) is 91.1. The molecule has 1 amide bonds. The molecule has 0 saturated carbocycles. The Kier molecular flexibility index (Phi) is 89.9. The molecule has 0 aliphatic rings. The molecule has 9 atom stereocenters. The molecule has 0 bridgehead atoms. The lowest BCUT2D eigenvalue weighted by Gasteiger charge is -2.17. The van der Waals surface area contributed by atoms with Crippen molar-refractivity contribution in [2.75, 3.05) is 75.7 Å². The van der Waals surface area contributed by atoms with Crippen LogP contribution in [0.4, 0.5) is 41.1 Å². The molecule has 0 unspecified atom stereocenters. The van der Waals surface area contributed by atoms with Crippen LogP contribution in [0.3, 0.4) is 0 Å². The Morgan fingerprint density at radius 3 is 0.707 bits per heavy atom. The largest absolute Gasteiger partial charge is 0.480 e. The van der Waals surface area contributed by atoms with Gasteiger partial charge in [0.05, 0.1) is 105 Å². The van der Waals surface area contributed by atoms with Crippen molar-refractivity contribution in [2.24, 2.45) is 142 Å². The van der Waals surface area contributed by atoms with Crippen LogP contribution in [0.5, 0.6) is 0 Å². The average Bonchev–Trinajstić information content (AvgIpc) is 1.53. The van der Waals surface area contributed by atoms with Gasteiger partial charge in [0.1, 0.15) is 100 Å². The number of hydrogen-bond acceptors (Lipinski definition) is 32. The third-order valence-electron chi connectivity index (χ3n) is 15.4. The van der Waals surface area contributed by atoms with Crippen molar-refractivity contribution in [3.8, 4) is 0 Å². The summed E-state index contributed by atoms with van der Waals surface area (Å²) in [7, 11) is 0. The minimum absolute atomic E-state index is 0.0416. The number of nitrogens with one attached hydrogen (secondary N) is 3. The summed E-state index contributed by atoms with van der Waals surface area (Å²) >= 11 is 1.46. The second kappa shape index (κ2) is 88.5. The van der Waals surface area contributed by atoms with E-state index in [1.807, 2.05) is 0 Å². The van der Waals surface area contributed by atoms with Gasteiger partial charge >= 0.3 is 47.8 Å². The van der Waals surface area contributed by atoms with E-state index >= 15 is 0 Å². The van der Waals surface area contributed by atoms with Crippen molar-refractivity contribution in [3.63, 3.8) is 0 Å². The van der Waals surface area contributed by atoms with E-state index in [9.17, 15) is 78.3 Å². The molecule has 1 aromatic rings. The molecule has 50 nitrogen and oxygen atoms in total. The number of aliphatic imine (C=N–C) groups is 9. The number of carboxylic acids is 8. The first-order chi connectivity index (χ1) is 64.9. The van der Waals surface area contributed by atoms with Gasteiger partial charge in [-0.05, 0) is 177 Å². The number of hydrogen-bond donors (Lipinski definition) is 29. The number of nitrogens with zero attached hydrogens (tertiary/aromatic N) is 12. The van der Waals surface area contributed by atoms with Crippen LogP contribution in [-0.4, -0.2) is 297 Å². The maximum absolute atomic E-state index is 13.2. The van der Waals surface area contributed by atoms with Crippen molar-refractivity contribution >= 4 is 124 Å². The molecule has 1 aromatic heterocycles. The predicted molar refractivity (Wildman–Crippen MR) is 525 cm³/mol. The van der Waals surface area contributed by atoms with Crippen molar-refractivity contribution in [1.82, 2.24) is 26.1 Å². The van der Waals surface area contributed by atoms with Gasteiger partial charge in [0.15, 0.2) is 0 Å². The number of allylic oxidation sites excluding steroid dienone is 8.